The Bertz CT molecular complexity index is 1280. The van der Waals surface area contributed by atoms with Crippen molar-refractivity contribution in [3.63, 3.8) is 0 Å². The smallest absolute Gasteiger partial charge is 0.224 e. The number of nitrogens with zero attached hydrogens (tertiary/aromatic N) is 1. The number of methoxy groups -OCH3 is 2. The Morgan fingerprint density at radius 1 is 1.03 bits per heavy atom. The SMILES string of the molecule is COc1ccc([C@H]2CC(=O)C3=C(C2)Nc2ccccc2N(C(C)=O)[C@H]3c2ccco2)cc1OC. The van der Waals surface area contributed by atoms with E-state index in [4.69, 9.17) is 13.9 Å². The summed E-state index contributed by atoms with van der Waals surface area (Å²) in [5.41, 5.74) is 3.85. The highest BCUT2D eigenvalue weighted by atomic mass is 16.5. The maximum Gasteiger partial charge on any atom is 0.224 e. The van der Waals surface area contributed by atoms with E-state index < -0.39 is 6.04 Å². The molecule has 7 heteroatoms. The highest BCUT2D eigenvalue weighted by Gasteiger charge is 2.42. The Hall–Kier alpha value is -4.00. The molecule has 1 amide bonds. The van der Waals surface area contributed by atoms with E-state index in [2.05, 4.69) is 5.32 Å². The summed E-state index contributed by atoms with van der Waals surface area (Å²) < 4.78 is 16.6. The van der Waals surface area contributed by atoms with E-state index in [0.29, 0.717) is 41.4 Å². The lowest BCUT2D eigenvalue weighted by atomic mass is 9.79. The van der Waals surface area contributed by atoms with Crippen LogP contribution in [-0.2, 0) is 9.59 Å². The largest absolute Gasteiger partial charge is 0.493 e. The van der Waals surface area contributed by atoms with Crippen LogP contribution in [0.15, 0.2) is 76.5 Å². The van der Waals surface area contributed by atoms with E-state index in [-0.39, 0.29) is 17.6 Å². The third-order valence-corrected chi connectivity index (χ3v) is 6.52. The standard InChI is InChI=1S/C27H26N2O5/c1-16(30)29-21-8-5-4-7-19(21)28-20-13-18(17-10-11-23(32-2)25(15-17)33-3)14-22(31)26(20)27(29)24-9-6-12-34-24/h4-12,15,18,27-28H,13-14H2,1-3H3/t18-,27+/m1/s1. The topological polar surface area (TPSA) is 81.0 Å². The number of ketones is 1. The summed E-state index contributed by atoms with van der Waals surface area (Å²) in [5.74, 6) is 1.59. The second kappa shape index (κ2) is 8.74. The third-order valence-electron chi connectivity index (χ3n) is 6.52. The van der Waals surface area contributed by atoms with Crippen LogP contribution < -0.4 is 19.7 Å². The number of allylic oxidation sites excluding steroid dienone is 1. The van der Waals surface area contributed by atoms with Gasteiger partial charge < -0.3 is 19.2 Å². The summed E-state index contributed by atoms with van der Waals surface area (Å²) in [6.07, 6.45) is 2.49. The van der Waals surface area contributed by atoms with Gasteiger partial charge in [-0.25, -0.2) is 0 Å². The monoisotopic (exact) mass is 458 g/mol. The molecule has 0 saturated carbocycles. The number of hydrogen-bond donors (Lipinski definition) is 1. The van der Waals surface area contributed by atoms with E-state index in [1.807, 2.05) is 48.5 Å². The number of amides is 1. The van der Waals surface area contributed by atoms with Crippen LogP contribution in [0.2, 0.25) is 0 Å². The lowest BCUT2D eigenvalue weighted by Crippen LogP contribution is -2.37. The van der Waals surface area contributed by atoms with Crippen LogP contribution in [0, 0.1) is 0 Å². The summed E-state index contributed by atoms with van der Waals surface area (Å²) in [6, 6.07) is 16.3. The summed E-state index contributed by atoms with van der Waals surface area (Å²) >= 11 is 0. The van der Waals surface area contributed by atoms with Crippen LogP contribution >= 0.6 is 0 Å². The average molecular weight is 459 g/mol. The number of para-hydroxylation sites is 2. The zero-order valence-corrected chi connectivity index (χ0v) is 19.3. The summed E-state index contributed by atoms with van der Waals surface area (Å²) in [6.45, 7) is 1.51. The Morgan fingerprint density at radius 2 is 1.82 bits per heavy atom. The van der Waals surface area contributed by atoms with Crippen LogP contribution in [-0.4, -0.2) is 25.9 Å². The molecule has 7 nitrogen and oxygen atoms in total. The number of carbonyl (C=O) groups is 2. The molecular formula is C27H26N2O5. The van der Waals surface area contributed by atoms with Gasteiger partial charge in [0.05, 0.1) is 31.9 Å². The van der Waals surface area contributed by atoms with E-state index in [1.165, 1.54) is 6.92 Å². The van der Waals surface area contributed by atoms with Gasteiger partial charge in [-0.05, 0) is 54.3 Å². The van der Waals surface area contributed by atoms with Gasteiger partial charge in [-0.1, -0.05) is 18.2 Å². The Balaban J connectivity index is 1.64. The molecule has 174 valence electrons. The number of Topliss-reactive ketones (excluding diaryl/α,β-unsaturated/α-hetero) is 1. The van der Waals surface area contributed by atoms with Crippen molar-refractivity contribution in [3.8, 4) is 11.5 Å². The van der Waals surface area contributed by atoms with Crippen LogP contribution in [0.4, 0.5) is 11.4 Å². The molecule has 1 aliphatic carbocycles. The normalized spacial score (nSPS) is 19.6. The van der Waals surface area contributed by atoms with Crippen molar-refractivity contribution < 1.29 is 23.5 Å². The molecule has 2 atom stereocenters. The highest BCUT2D eigenvalue weighted by molar-refractivity contribution is 6.05. The van der Waals surface area contributed by atoms with E-state index in [0.717, 1.165) is 16.9 Å². The zero-order valence-electron chi connectivity index (χ0n) is 19.3. The first-order valence-electron chi connectivity index (χ1n) is 11.2. The molecule has 2 aliphatic rings. The maximum absolute atomic E-state index is 13.7. The number of hydrogen-bond acceptors (Lipinski definition) is 6. The fourth-order valence-electron chi connectivity index (χ4n) is 5.00. The van der Waals surface area contributed by atoms with Gasteiger partial charge in [-0.15, -0.1) is 0 Å². The number of carbonyl (C=O) groups excluding carboxylic acids is 2. The Kier molecular flexibility index (Phi) is 5.61. The number of anilines is 2. The molecular weight excluding hydrogens is 432 g/mol. The van der Waals surface area contributed by atoms with Crippen molar-refractivity contribution >= 4 is 23.1 Å². The van der Waals surface area contributed by atoms with Crippen molar-refractivity contribution in [1.29, 1.82) is 0 Å². The molecule has 0 fully saturated rings. The Morgan fingerprint density at radius 3 is 2.53 bits per heavy atom. The lowest BCUT2D eigenvalue weighted by Gasteiger charge is -2.33. The van der Waals surface area contributed by atoms with Crippen LogP contribution in [0.25, 0.3) is 0 Å². The summed E-state index contributed by atoms with van der Waals surface area (Å²) in [5, 5.41) is 3.49. The van der Waals surface area contributed by atoms with Gasteiger partial charge in [0.15, 0.2) is 17.3 Å². The molecule has 0 saturated heterocycles. The summed E-state index contributed by atoms with van der Waals surface area (Å²) in [4.78, 5) is 28.3. The molecule has 1 N–H and O–H groups in total. The summed E-state index contributed by atoms with van der Waals surface area (Å²) in [7, 11) is 3.20. The molecule has 2 aromatic carbocycles. The van der Waals surface area contributed by atoms with Crippen molar-refractivity contribution in [2.75, 3.05) is 24.4 Å². The maximum atomic E-state index is 13.7. The Labute approximate surface area is 198 Å². The number of benzene rings is 2. The number of ether oxygens (including phenoxy) is 2. The van der Waals surface area contributed by atoms with Gasteiger partial charge in [0.25, 0.3) is 0 Å². The first-order valence-corrected chi connectivity index (χ1v) is 11.2. The quantitative estimate of drug-likeness (QED) is 0.578. The average Bonchev–Trinajstić information content (AvgIpc) is 3.32. The van der Waals surface area contributed by atoms with Crippen molar-refractivity contribution in [2.24, 2.45) is 0 Å². The molecule has 0 spiro atoms. The van der Waals surface area contributed by atoms with Crippen LogP contribution in [0.1, 0.15) is 43.0 Å². The lowest BCUT2D eigenvalue weighted by molar-refractivity contribution is -0.117. The minimum Gasteiger partial charge on any atom is -0.493 e. The number of nitrogens with one attached hydrogen (secondary N) is 1. The fraction of sp³-hybridized carbons (Fsp3) is 0.259. The van der Waals surface area contributed by atoms with E-state index in [1.54, 1.807) is 31.4 Å². The van der Waals surface area contributed by atoms with E-state index in [9.17, 15) is 9.59 Å². The minimum absolute atomic E-state index is 0.0195. The van der Waals surface area contributed by atoms with E-state index >= 15 is 0 Å². The first-order chi connectivity index (χ1) is 16.5. The van der Waals surface area contributed by atoms with Crippen LogP contribution in [0.3, 0.4) is 0 Å². The van der Waals surface area contributed by atoms with Crippen LogP contribution in [0.5, 0.6) is 11.5 Å². The number of rotatable bonds is 4. The van der Waals surface area contributed by atoms with Gasteiger partial charge >= 0.3 is 0 Å². The molecule has 34 heavy (non-hydrogen) atoms. The molecule has 5 rings (SSSR count). The van der Waals surface area contributed by atoms with Gasteiger partial charge in [0.1, 0.15) is 11.8 Å². The van der Waals surface area contributed by atoms with Crippen molar-refractivity contribution in [3.05, 3.63) is 83.5 Å². The second-order valence-corrected chi connectivity index (χ2v) is 8.48. The molecule has 2 heterocycles. The predicted octanol–water partition coefficient (Wildman–Crippen LogP) is 5.22. The third kappa shape index (κ3) is 3.63. The van der Waals surface area contributed by atoms with Gasteiger partial charge in [-0.3, -0.25) is 14.5 Å². The molecule has 0 unspecified atom stereocenters. The molecule has 3 aromatic rings. The molecule has 0 bridgehead atoms. The molecule has 0 radical (unpaired) electrons. The number of fused-ring (bicyclic) bond motifs is 1. The van der Waals surface area contributed by atoms with Crippen molar-refractivity contribution in [2.45, 2.75) is 31.7 Å². The van der Waals surface area contributed by atoms with Crippen molar-refractivity contribution in [1.82, 2.24) is 0 Å². The second-order valence-electron chi connectivity index (χ2n) is 8.48. The molecule has 1 aromatic heterocycles. The minimum atomic E-state index is -0.641. The first kappa shape index (κ1) is 21.8. The van der Waals surface area contributed by atoms with Gasteiger partial charge in [0, 0.05) is 24.6 Å². The predicted molar refractivity (Wildman–Crippen MR) is 128 cm³/mol. The zero-order chi connectivity index (χ0) is 23.8. The highest BCUT2D eigenvalue weighted by Crippen LogP contribution is 2.48. The molecule has 1 aliphatic heterocycles. The van der Waals surface area contributed by atoms with Gasteiger partial charge in [0.2, 0.25) is 5.91 Å². The number of furan rings is 1. The fourth-order valence-corrected chi connectivity index (χ4v) is 5.00. The van der Waals surface area contributed by atoms with Gasteiger partial charge in [-0.2, -0.15) is 0 Å².